The summed E-state index contributed by atoms with van der Waals surface area (Å²) in [6.45, 7) is 0. The van der Waals surface area contributed by atoms with E-state index >= 15 is 0 Å². The number of aromatic nitrogens is 1. The predicted molar refractivity (Wildman–Crippen MR) is 192 cm³/mol. The van der Waals surface area contributed by atoms with Crippen molar-refractivity contribution in [1.29, 1.82) is 0 Å². The Morgan fingerprint density at radius 1 is 0.370 bits per heavy atom. The molecule has 0 saturated heterocycles. The second-order valence-corrected chi connectivity index (χ2v) is 12.1. The van der Waals surface area contributed by atoms with Crippen LogP contribution in [0.1, 0.15) is 0 Å². The molecule has 8 aromatic carbocycles. The van der Waals surface area contributed by atoms with Crippen molar-refractivity contribution < 1.29 is 4.74 Å². The SMILES string of the molecule is c1ccc(-n2c3ccccc3c3cc4cccc(-c5cccc(-c6ccc7c(c6)-c6cccc8cccc(c68)O7)c5)c4cc32)cc1. The molecule has 0 radical (unpaired) electrons. The molecule has 214 valence electrons. The van der Waals surface area contributed by atoms with Crippen molar-refractivity contribution in [3.63, 3.8) is 0 Å². The van der Waals surface area contributed by atoms with Gasteiger partial charge in [-0.05, 0) is 98.6 Å². The van der Waals surface area contributed by atoms with Crippen LogP contribution in [0.4, 0.5) is 0 Å². The van der Waals surface area contributed by atoms with Crippen LogP contribution >= 0.6 is 0 Å². The minimum Gasteiger partial charge on any atom is -0.456 e. The number of ether oxygens (including phenoxy) is 1. The first-order valence-electron chi connectivity index (χ1n) is 15.8. The van der Waals surface area contributed by atoms with E-state index in [2.05, 4.69) is 168 Å². The van der Waals surface area contributed by atoms with Crippen LogP contribution in [0.5, 0.6) is 11.5 Å². The standard InChI is InChI=1S/C44H27NO/c1-2-15-33(16-3-1)45-40-20-5-4-17-35(40)38-26-32-14-8-18-34(37(32)27-41(38)45)31-13-6-12-29(24-31)30-22-23-42-39(25-30)36-19-7-10-28-11-9-21-43(46-42)44(28)36/h1-27H. The van der Waals surface area contributed by atoms with E-state index in [-0.39, 0.29) is 0 Å². The van der Waals surface area contributed by atoms with E-state index in [4.69, 9.17) is 4.74 Å². The lowest BCUT2D eigenvalue weighted by Crippen LogP contribution is -1.97. The van der Waals surface area contributed by atoms with E-state index in [1.165, 1.54) is 76.9 Å². The molecule has 0 aliphatic carbocycles. The quantitative estimate of drug-likeness (QED) is 0.201. The maximum absolute atomic E-state index is 6.38. The molecule has 0 saturated carbocycles. The third-order valence-corrected chi connectivity index (χ3v) is 9.55. The molecule has 0 unspecified atom stereocenters. The van der Waals surface area contributed by atoms with Crippen LogP contribution in [0.3, 0.4) is 0 Å². The van der Waals surface area contributed by atoms with Gasteiger partial charge in [0.15, 0.2) is 0 Å². The van der Waals surface area contributed by atoms with Crippen molar-refractivity contribution in [3.05, 3.63) is 164 Å². The molecule has 1 aromatic heterocycles. The minimum atomic E-state index is 0.901. The van der Waals surface area contributed by atoms with Gasteiger partial charge in [-0.25, -0.2) is 0 Å². The second kappa shape index (κ2) is 9.69. The van der Waals surface area contributed by atoms with Gasteiger partial charge >= 0.3 is 0 Å². The first-order chi connectivity index (χ1) is 22.8. The van der Waals surface area contributed by atoms with Gasteiger partial charge in [0, 0.05) is 27.4 Å². The molecular weight excluding hydrogens is 558 g/mol. The smallest absolute Gasteiger partial charge is 0.135 e. The number of hydrogen-bond donors (Lipinski definition) is 0. The van der Waals surface area contributed by atoms with E-state index in [1.807, 2.05) is 0 Å². The van der Waals surface area contributed by atoms with Gasteiger partial charge < -0.3 is 9.30 Å². The van der Waals surface area contributed by atoms with Gasteiger partial charge in [-0.1, -0.05) is 109 Å². The predicted octanol–water partition coefficient (Wildman–Crippen LogP) is 12.2. The lowest BCUT2D eigenvalue weighted by molar-refractivity contribution is 0.487. The molecular formula is C44H27NO. The summed E-state index contributed by atoms with van der Waals surface area (Å²) >= 11 is 0. The van der Waals surface area contributed by atoms with Crippen molar-refractivity contribution in [2.24, 2.45) is 0 Å². The van der Waals surface area contributed by atoms with Gasteiger partial charge in [-0.3, -0.25) is 0 Å². The number of rotatable bonds is 3. The Labute approximate surface area is 266 Å². The van der Waals surface area contributed by atoms with Crippen molar-refractivity contribution in [1.82, 2.24) is 4.57 Å². The molecule has 1 aliphatic rings. The van der Waals surface area contributed by atoms with Gasteiger partial charge in [0.2, 0.25) is 0 Å². The van der Waals surface area contributed by atoms with E-state index in [1.54, 1.807) is 0 Å². The Hall–Kier alpha value is -6.12. The van der Waals surface area contributed by atoms with Gasteiger partial charge in [0.25, 0.3) is 0 Å². The van der Waals surface area contributed by atoms with Crippen LogP contribution in [0, 0.1) is 0 Å². The fourth-order valence-corrected chi connectivity index (χ4v) is 7.46. The Kier molecular flexibility index (Phi) is 5.31. The van der Waals surface area contributed by atoms with Crippen LogP contribution in [0.25, 0.3) is 82.4 Å². The summed E-state index contributed by atoms with van der Waals surface area (Å²) < 4.78 is 8.77. The average Bonchev–Trinajstić information content (AvgIpc) is 3.44. The van der Waals surface area contributed by atoms with Crippen molar-refractivity contribution in [2.75, 3.05) is 0 Å². The highest BCUT2D eigenvalue weighted by Gasteiger charge is 2.20. The van der Waals surface area contributed by atoms with Gasteiger partial charge in [-0.15, -0.1) is 0 Å². The first-order valence-corrected chi connectivity index (χ1v) is 15.8. The summed E-state index contributed by atoms with van der Waals surface area (Å²) in [6, 6.07) is 59.1. The number of nitrogens with zero attached hydrogens (tertiary/aromatic N) is 1. The average molecular weight is 586 g/mol. The van der Waals surface area contributed by atoms with E-state index in [0.717, 1.165) is 17.1 Å². The highest BCUT2D eigenvalue weighted by Crippen LogP contribution is 2.47. The number of benzene rings is 8. The molecule has 0 amide bonds. The van der Waals surface area contributed by atoms with Crippen LogP contribution in [0.15, 0.2) is 164 Å². The van der Waals surface area contributed by atoms with Gasteiger partial charge in [0.1, 0.15) is 11.5 Å². The lowest BCUT2D eigenvalue weighted by Gasteiger charge is -2.22. The summed E-state index contributed by atoms with van der Waals surface area (Å²) in [6.07, 6.45) is 0. The molecule has 0 bridgehead atoms. The van der Waals surface area contributed by atoms with Crippen LogP contribution < -0.4 is 4.74 Å². The highest BCUT2D eigenvalue weighted by molar-refractivity contribution is 6.15. The molecule has 0 N–H and O–H groups in total. The summed E-state index contributed by atoms with van der Waals surface area (Å²) in [4.78, 5) is 0. The van der Waals surface area contributed by atoms with E-state index in [9.17, 15) is 0 Å². The molecule has 1 aliphatic heterocycles. The topological polar surface area (TPSA) is 14.2 Å². The third-order valence-electron chi connectivity index (χ3n) is 9.55. The molecule has 2 nitrogen and oxygen atoms in total. The van der Waals surface area contributed by atoms with Gasteiger partial charge in [-0.2, -0.15) is 0 Å². The number of para-hydroxylation sites is 2. The maximum atomic E-state index is 6.38. The molecule has 2 heterocycles. The Bertz CT molecular complexity index is 2660. The molecule has 9 aromatic rings. The van der Waals surface area contributed by atoms with E-state index < -0.39 is 0 Å². The third kappa shape index (κ3) is 3.71. The summed E-state index contributed by atoms with van der Waals surface area (Å²) in [7, 11) is 0. The van der Waals surface area contributed by atoms with Crippen LogP contribution in [-0.2, 0) is 0 Å². The normalized spacial score (nSPS) is 12.1. The number of hydrogen-bond acceptors (Lipinski definition) is 1. The van der Waals surface area contributed by atoms with E-state index in [0.29, 0.717) is 0 Å². The number of fused-ring (bicyclic) bond motifs is 6. The van der Waals surface area contributed by atoms with Crippen molar-refractivity contribution in [3.8, 4) is 50.6 Å². The molecule has 0 atom stereocenters. The lowest BCUT2D eigenvalue weighted by atomic mass is 9.91. The largest absolute Gasteiger partial charge is 0.456 e. The Morgan fingerprint density at radius 2 is 1.11 bits per heavy atom. The Balaban J connectivity index is 1.14. The molecule has 10 rings (SSSR count). The fourth-order valence-electron chi connectivity index (χ4n) is 7.46. The first kappa shape index (κ1) is 25.2. The Morgan fingerprint density at radius 3 is 2.02 bits per heavy atom. The highest BCUT2D eigenvalue weighted by atomic mass is 16.5. The zero-order valence-electron chi connectivity index (χ0n) is 24.9. The molecule has 0 fully saturated rings. The minimum absolute atomic E-state index is 0.901. The monoisotopic (exact) mass is 585 g/mol. The molecule has 0 spiro atoms. The van der Waals surface area contributed by atoms with Crippen molar-refractivity contribution >= 4 is 43.4 Å². The summed E-state index contributed by atoms with van der Waals surface area (Å²) in [5.41, 5.74) is 10.7. The van der Waals surface area contributed by atoms with Crippen molar-refractivity contribution in [2.45, 2.75) is 0 Å². The fraction of sp³-hybridized carbons (Fsp3) is 0. The molecule has 46 heavy (non-hydrogen) atoms. The maximum Gasteiger partial charge on any atom is 0.135 e. The summed E-state index contributed by atoms with van der Waals surface area (Å²) in [5.74, 6) is 1.82. The zero-order valence-corrected chi connectivity index (χ0v) is 24.9. The molecule has 2 heteroatoms. The van der Waals surface area contributed by atoms with Gasteiger partial charge in [0.05, 0.1) is 11.0 Å². The van der Waals surface area contributed by atoms with Crippen LogP contribution in [0.2, 0.25) is 0 Å². The second-order valence-electron chi connectivity index (χ2n) is 12.1. The van der Waals surface area contributed by atoms with Crippen LogP contribution in [-0.4, -0.2) is 4.57 Å². The zero-order chi connectivity index (χ0) is 30.2. The summed E-state index contributed by atoms with van der Waals surface area (Å²) in [5, 5.41) is 7.40.